The molecule has 1 N–H and O–H groups in total. The van der Waals surface area contributed by atoms with Gasteiger partial charge in [0.1, 0.15) is 18.5 Å². The zero-order valence-corrected chi connectivity index (χ0v) is 13.6. The molecule has 1 saturated heterocycles. The molecule has 2 aromatic rings. The molecule has 2 aliphatic heterocycles. The molecule has 6 heteroatoms. The second-order valence-electron chi connectivity index (χ2n) is 6.39. The lowest BCUT2D eigenvalue weighted by atomic mass is 9.96. The van der Waals surface area contributed by atoms with Gasteiger partial charge in [-0.1, -0.05) is 18.2 Å². The molecule has 0 saturated carbocycles. The van der Waals surface area contributed by atoms with E-state index in [2.05, 4.69) is 10.4 Å². The van der Waals surface area contributed by atoms with Crippen molar-refractivity contribution < 1.29 is 14.3 Å². The van der Waals surface area contributed by atoms with E-state index in [4.69, 9.17) is 9.47 Å². The van der Waals surface area contributed by atoms with E-state index < -0.39 is 0 Å². The number of para-hydroxylation sites is 1. The second kappa shape index (κ2) is 6.28. The normalized spacial score (nSPS) is 25.8. The molecule has 4 rings (SSSR count). The van der Waals surface area contributed by atoms with Crippen molar-refractivity contribution in [3.8, 4) is 5.75 Å². The maximum atomic E-state index is 12.8. The molecule has 0 aliphatic carbocycles. The van der Waals surface area contributed by atoms with Crippen LogP contribution in [0.2, 0.25) is 0 Å². The predicted molar refractivity (Wildman–Crippen MR) is 87.6 cm³/mol. The number of fused-ring (bicyclic) bond motifs is 1. The van der Waals surface area contributed by atoms with Crippen molar-refractivity contribution in [3.63, 3.8) is 0 Å². The molecule has 1 amide bonds. The summed E-state index contributed by atoms with van der Waals surface area (Å²) in [6, 6.07) is 9.89. The van der Waals surface area contributed by atoms with Gasteiger partial charge in [0.25, 0.3) is 0 Å². The number of rotatable bonds is 3. The first-order valence-corrected chi connectivity index (χ1v) is 8.33. The number of carbonyl (C=O) groups is 1. The Morgan fingerprint density at radius 1 is 1.33 bits per heavy atom. The molecule has 6 nitrogen and oxygen atoms in total. The topological polar surface area (TPSA) is 65.4 Å². The standard InChI is InChI=1S/C18H21N3O3/c1-21-15(6-8-19-21)17-14(7-9-23-17)18(22)20-13-10-12-4-2-3-5-16(12)24-11-13/h2-6,8,13-14,17H,7,9-11H2,1H3,(H,20,22)/t13-,14+,17+/m0/s1. The Morgan fingerprint density at radius 2 is 2.21 bits per heavy atom. The fourth-order valence-electron chi connectivity index (χ4n) is 3.54. The smallest absolute Gasteiger partial charge is 0.226 e. The number of nitrogens with one attached hydrogen (secondary N) is 1. The number of carbonyl (C=O) groups excluding carboxylic acids is 1. The highest BCUT2D eigenvalue weighted by Gasteiger charge is 2.37. The largest absolute Gasteiger partial charge is 0.491 e. The van der Waals surface area contributed by atoms with Gasteiger partial charge in [0, 0.05) is 19.9 Å². The maximum absolute atomic E-state index is 12.8. The predicted octanol–water partition coefficient (Wildman–Crippen LogP) is 1.62. The van der Waals surface area contributed by atoms with E-state index in [-0.39, 0.29) is 24.0 Å². The van der Waals surface area contributed by atoms with Crippen LogP contribution in [0.1, 0.15) is 23.8 Å². The third-order valence-electron chi connectivity index (χ3n) is 4.80. The molecule has 24 heavy (non-hydrogen) atoms. The molecule has 0 bridgehead atoms. The first-order valence-electron chi connectivity index (χ1n) is 8.33. The molecule has 0 unspecified atom stereocenters. The van der Waals surface area contributed by atoms with Gasteiger partial charge in [0.05, 0.1) is 17.7 Å². The molecule has 126 valence electrons. The molecular weight excluding hydrogens is 306 g/mol. The van der Waals surface area contributed by atoms with E-state index in [0.29, 0.717) is 13.2 Å². The average molecular weight is 327 g/mol. The van der Waals surface area contributed by atoms with Crippen molar-refractivity contribution >= 4 is 5.91 Å². The summed E-state index contributed by atoms with van der Waals surface area (Å²) in [7, 11) is 1.87. The molecule has 0 radical (unpaired) electrons. The highest BCUT2D eigenvalue weighted by Crippen LogP contribution is 2.34. The zero-order chi connectivity index (χ0) is 16.5. The van der Waals surface area contributed by atoms with Crippen molar-refractivity contribution in [2.24, 2.45) is 13.0 Å². The fraction of sp³-hybridized carbons (Fsp3) is 0.444. The van der Waals surface area contributed by atoms with E-state index in [1.54, 1.807) is 10.9 Å². The Labute approximate surface area is 140 Å². The average Bonchev–Trinajstić information content (AvgIpc) is 3.23. The van der Waals surface area contributed by atoms with Gasteiger partial charge in [0.15, 0.2) is 0 Å². The van der Waals surface area contributed by atoms with Gasteiger partial charge < -0.3 is 14.8 Å². The van der Waals surface area contributed by atoms with Crippen LogP contribution in [0.25, 0.3) is 0 Å². The fourth-order valence-corrected chi connectivity index (χ4v) is 3.54. The van der Waals surface area contributed by atoms with Crippen LogP contribution in [0.15, 0.2) is 36.5 Å². The molecule has 1 fully saturated rings. The van der Waals surface area contributed by atoms with E-state index in [1.807, 2.05) is 37.4 Å². The van der Waals surface area contributed by atoms with Gasteiger partial charge in [-0.15, -0.1) is 0 Å². The summed E-state index contributed by atoms with van der Waals surface area (Å²) in [5, 5.41) is 7.32. The highest BCUT2D eigenvalue weighted by atomic mass is 16.5. The SMILES string of the molecule is Cn1nccc1[C@@H]1OCC[C@H]1C(=O)N[C@@H]1COc2ccccc2C1. The summed E-state index contributed by atoms with van der Waals surface area (Å²) < 4.78 is 13.3. The van der Waals surface area contributed by atoms with Crippen molar-refractivity contribution in [2.75, 3.05) is 13.2 Å². The number of aromatic nitrogens is 2. The monoisotopic (exact) mass is 327 g/mol. The lowest BCUT2D eigenvalue weighted by Crippen LogP contribution is -2.45. The van der Waals surface area contributed by atoms with Gasteiger partial charge in [0.2, 0.25) is 5.91 Å². The first-order chi connectivity index (χ1) is 11.7. The molecule has 0 spiro atoms. The van der Waals surface area contributed by atoms with Crippen LogP contribution >= 0.6 is 0 Å². The van der Waals surface area contributed by atoms with Crippen molar-refractivity contribution in [2.45, 2.75) is 25.0 Å². The van der Waals surface area contributed by atoms with Crippen LogP contribution in [0.3, 0.4) is 0 Å². The summed E-state index contributed by atoms with van der Waals surface area (Å²) in [4.78, 5) is 12.8. The van der Waals surface area contributed by atoms with E-state index in [0.717, 1.165) is 29.8 Å². The van der Waals surface area contributed by atoms with Gasteiger partial charge in [-0.25, -0.2) is 0 Å². The number of hydrogen-bond donors (Lipinski definition) is 1. The Kier molecular flexibility index (Phi) is 3.98. The summed E-state index contributed by atoms with van der Waals surface area (Å²) in [6.07, 6.45) is 3.03. The molecular formula is C18H21N3O3. The molecule has 3 heterocycles. The van der Waals surface area contributed by atoms with Crippen molar-refractivity contribution in [1.82, 2.24) is 15.1 Å². The lowest BCUT2D eigenvalue weighted by molar-refractivity contribution is -0.128. The van der Waals surface area contributed by atoms with Crippen LogP contribution in [-0.2, 0) is 23.0 Å². The first kappa shape index (κ1) is 15.2. The summed E-state index contributed by atoms with van der Waals surface area (Å²) in [6.45, 7) is 1.10. The van der Waals surface area contributed by atoms with Gasteiger partial charge in [-0.05, 0) is 30.5 Å². The van der Waals surface area contributed by atoms with E-state index in [9.17, 15) is 4.79 Å². The maximum Gasteiger partial charge on any atom is 0.226 e. The lowest BCUT2D eigenvalue weighted by Gasteiger charge is -2.28. The Balaban J connectivity index is 1.44. The van der Waals surface area contributed by atoms with Crippen LogP contribution < -0.4 is 10.1 Å². The molecule has 1 aromatic carbocycles. The summed E-state index contributed by atoms with van der Waals surface area (Å²) in [5.74, 6) is 0.768. The van der Waals surface area contributed by atoms with Crippen LogP contribution in [0.5, 0.6) is 5.75 Å². The second-order valence-corrected chi connectivity index (χ2v) is 6.39. The number of nitrogens with zero attached hydrogens (tertiary/aromatic N) is 2. The van der Waals surface area contributed by atoms with Crippen LogP contribution in [0, 0.1) is 5.92 Å². The number of ether oxygens (including phenoxy) is 2. The van der Waals surface area contributed by atoms with Crippen molar-refractivity contribution in [1.29, 1.82) is 0 Å². The Morgan fingerprint density at radius 3 is 3.04 bits per heavy atom. The minimum absolute atomic E-state index is 0.000173. The quantitative estimate of drug-likeness (QED) is 0.930. The van der Waals surface area contributed by atoms with Gasteiger partial charge in [-0.3, -0.25) is 9.48 Å². The third kappa shape index (κ3) is 2.78. The van der Waals surface area contributed by atoms with Gasteiger partial charge >= 0.3 is 0 Å². The minimum atomic E-state index is -0.228. The Hall–Kier alpha value is -2.34. The minimum Gasteiger partial charge on any atom is -0.491 e. The third-order valence-corrected chi connectivity index (χ3v) is 4.80. The summed E-state index contributed by atoms with van der Waals surface area (Å²) >= 11 is 0. The number of aryl methyl sites for hydroxylation is 1. The van der Waals surface area contributed by atoms with Gasteiger partial charge in [-0.2, -0.15) is 5.10 Å². The van der Waals surface area contributed by atoms with E-state index in [1.165, 1.54) is 0 Å². The highest BCUT2D eigenvalue weighted by molar-refractivity contribution is 5.80. The Bertz CT molecular complexity index is 743. The van der Waals surface area contributed by atoms with E-state index >= 15 is 0 Å². The number of benzene rings is 1. The molecule has 2 aliphatic rings. The summed E-state index contributed by atoms with van der Waals surface area (Å²) in [5.41, 5.74) is 2.08. The van der Waals surface area contributed by atoms with Crippen molar-refractivity contribution in [3.05, 3.63) is 47.8 Å². The molecule has 1 aromatic heterocycles. The molecule has 3 atom stereocenters. The van der Waals surface area contributed by atoms with Crippen LogP contribution in [0.4, 0.5) is 0 Å². The van der Waals surface area contributed by atoms with Crippen LogP contribution in [-0.4, -0.2) is 34.9 Å². The zero-order valence-electron chi connectivity index (χ0n) is 13.6. The number of amides is 1. The number of hydrogen-bond acceptors (Lipinski definition) is 4.